The minimum atomic E-state index is 0.851. The second kappa shape index (κ2) is 5.69. The van der Waals surface area contributed by atoms with Crippen molar-refractivity contribution in [1.82, 2.24) is 5.32 Å². The van der Waals surface area contributed by atoms with Crippen LogP contribution in [0.25, 0.3) is 0 Å². The Morgan fingerprint density at radius 2 is 1.83 bits per heavy atom. The monoisotopic (exact) mass is 241 g/mol. The van der Waals surface area contributed by atoms with Crippen LogP contribution in [0.5, 0.6) is 11.5 Å². The molecule has 0 aliphatic rings. The Kier molecular flexibility index (Phi) is 4.00. The highest BCUT2D eigenvalue weighted by Gasteiger charge is 2.03. The van der Waals surface area contributed by atoms with Crippen LogP contribution in [-0.2, 0) is 6.54 Å². The standard InChI is InChI=1S/C16H19NO/c1-12-6-4-9-16(13(12)2)18-15-8-5-7-14(10-15)11-17-3/h4-10,17H,11H2,1-3H3. The van der Waals surface area contributed by atoms with E-state index in [4.69, 9.17) is 4.74 Å². The van der Waals surface area contributed by atoms with Crippen LogP contribution in [0.1, 0.15) is 16.7 Å². The summed E-state index contributed by atoms with van der Waals surface area (Å²) < 4.78 is 5.95. The third kappa shape index (κ3) is 2.90. The van der Waals surface area contributed by atoms with Crippen molar-refractivity contribution in [3.63, 3.8) is 0 Å². The van der Waals surface area contributed by atoms with E-state index in [1.165, 1.54) is 16.7 Å². The van der Waals surface area contributed by atoms with Crippen molar-refractivity contribution in [2.24, 2.45) is 0 Å². The highest BCUT2D eigenvalue weighted by Crippen LogP contribution is 2.27. The molecule has 0 fully saturated rings. The Hall–Kier alpha value is -1.80. The van der Waals surface area contributed by atoms with Gasteiger partial charge in [-0.15, -0.1) is 0 Å². The molecule has 0 amide bonds. The van der Waals surface area contributed by atoms with E-state index in [-0.39, 0.29) is 0 Å². The molecule has 94 valence electrons. The SMILES string of the molecule is CNCc1cccc(Oc2cccc(C)c2C)c1. The highest BCUT2D eigenvalue weighted by molar-refractivity contribution is 5.42. The van der Waals surface area contributed by atoms with Gasteiger partial charge in [-0.1, -0.05) is 24.3 Å². The number of benzene rings is 2. The Labute approximate surface area is 109 Å². The van der Waals surface area contributed by atoms with Crippen molar-refractivity contribution in [3.05, 3.63) is 59.2 Å². The van der Waals surface area contributed by atoms with Gasteiger partial charge in [0.2, 0.25) is 0 Å². The number of hydrogen-bond acceptors (Lipinski definition) is 2. The molecule has 2 rings (SSSR count). The van der Waals surface area contributed by atoms with Crippen molar-refractivity contribution in [2.45, 2.75) is 20.4 Å². The van der Waals surface area contributed by atoms with Crippen molar-refractivity contribution < 1.29 is 4.74 Å². The number of aryl methyl sites for hydroxylation is 1. The summed E-state index contributed by atoms with van der Waals surface area (Å²) >= 11 is 0. The maximum atomic E-state index is 5.95. The molecule has 0 spiro atoms. The van der Waals surface area contributed by atoms with Gasteiger partial charge >= 0.3 is 0 Å². The third-order valence-electron chi connectivity index (χ3n) is 3.06. The van der Waals surface area contributed by atoms with Crippen LogP contribution in [0.2, 0.25) is 0 Å². The van der Waals surface area contributed by atoms with E-state index in [0.29, 0.717) is 0 Å². The number of hydrogen-bond donors (Lipinski definition) is 1. The van der Waals surface area contributed by atoms with Crippen molar-refractivity contribution in [1.29, 1.82) is 0 Å². The Morgan fingerprint density at radius 1 is 1.06 bits per heavy atom. The van der Waals surface area contributed by atoms with Crippen LogP contribution in [0.4, 0.5) is 0 Å². The van der Waals surface area contributed by atoms with Gasteiger partial charge in [0.15, 0.2) is 0 Å². The predicted molar refractivity (Wildman–Crippen MR) is 75.2 cm³/mol. The first-order valence-corrected chi connectivity index (χ1v) is 6.18. The zero-order valence-electron chi connectivity index (χ0n) is 11.2. The zero-order chi connectivity index (χ0) is 13.0. The second-order valence-electron chi connectivity index (χ2n) is 4.48. The molecule has 2 heteroatoms. The molecule has 2 nitrogen and oxygen atoms in total. The maximum absolute atomic E-state index is 5.95. The molecule has 0 aromatic heterocycles. The number of ether oxygens (including phenoxy) is 1. The fourth-order valence-electron chi connectivity index (χ4n) is 1.88. The molecular formula is C16H19NO. The predicted octanol–water partition coefficient (Wildman–Crippen LogP) is 3.82. The fraction of sp³-hybridized carbons (Fsp3) is 0.250. The lowest BCUT2D eigenvalue weighted by atomic mass is 10.1. The second-order valence-corrected chi connectivity index (χ2v) is 4.48. The molecule has 0 bridgehead atoms. The van der Waals surface area contributed by atoms with Crippen LogP contribution in [0.3, 0.4) is 0 Å². The Morgan fingerprint density at radius 3 is 2.61 bits per heavy atom. The smallest absolute Gasteiger partial charge is 0.130 e. The summed E-state index contributed by atoms with van der Waals surface area (Å²) in [7, 11) is 1.94. The summed E-state index contributed by atoms with van der Waals surface area (Å²) in [4.78, 5) is 0. The molecule has 1 N–H and O–H groups in total. The first-order valence-electron chi connectivity index (χ1n) is 6.18. The Bertz CT molecular complexity index is 534. The molecule has 2 aromatic rings. The fourth-order valence-corrected chi connectivity index (χ4v) is 1.88. The Balaban J connectivity index is 2.23. The van der Waals surface area contributed by atoms with Crippen LogP contribution in [-0.4, -0.2) is 7.05 Å². The maximum Gasteiger partial charge on any atom is 0.130 e. The van der Waals surface area contributed by atoms with Gasteiger partial charge in [0.1, 0.15) is 11.5 Å². The molecule has 2 aromatic carbocycles. The molecule has 0 aliphatic carbocycles. The first-order chi connectivity index (χ1) is 8.70. The lowest BCUT2D eigenvalue weighted by Crippen LogP contribution is -2.04. The minimum absolute atomic E-state index is 0.851. The molecular weight excluding hydrogens is 222 g/mol. The van der Waals surface area contributed by atoms with E-state index in [1.54, 1.807) is 0 Å². The topological polar surface area (TPSA) is 21.3 Å². The largest absolute Gasteiger partial charge is 0.457 e. The quantitative estimate of drug-likeness (QED) is 0.878. The van der Waals surface area contributed by atoms with Gasteiger partial charge in [-0.25, -0.2) is 0 Å². The minimum Gasteiger partial charge on any atom is -0.457 e. The average Bonchev–Trinajstić information content (AvgIpc) is 2.36. The van der Waals surface area contributed by atoms with Gasteiger partial charge in [0, 0.05) is 6.54 Å². The van der Waals surface area contributed by atoms with Gasteiger partial charge in [0.05, 0.1) is 0 Å². The van der Waals surface area contributed by atoms with Gasteiger partial charge in [-0.05, 0) is 55.8 Å². The summed E-state index contributed by atoms with van der Waals surface area (Å²) in [5.41, 5.74) is 3.66. The van der Waals surface area contributed by atoms with Gasteiger partial charge in [-0.3, -0.25) is 0 Å². The zero-order valence-corrected chi connectivity index (χ0v) is 11.2. The van der Waals surface area contributed by atoms with Gasteiger partial charge < -0.3 is 10.1 Å². The average molecular weight is 241 g/mol. The van der Waals surface area contributed by atoms with Gasteiger partial charge in [0.25, 0.3) is 0 Å². The van der Waals surface area contributed by atoms with E-state index in [1.807, 2.05) is 31.3 Å². The van der Waals surface area contributed by atoms with Gasteiger partial charge in [-0.2, -0.15) is 0 Å². The van der Waals surface area contributed by atoms with Crippen molar-refractivity contribution >= 4 is 0 Å². The summed E-state index contributed by atoms with van der Waals surface area (Å²) in [5, 5.41) is 3.14. The normalized spacial score (nSPS) is 10.4. The van der Waals surface area contributed by atoms with E-state index >= 15 is 0 Å². The lowest BCUT2D eigenvalue weighted by Gasteiger charge is -2.11. The molecule has 0 unspecified atom stereocenters. The van der Waals surface area contributed by atoms with E-state index < -0.39 is 0 Å². The molecule has 0 heterocycles. The summed E-state index contributed by atoms with van der Waals surface area (Å²) in [5.74, 6) is 1.81. The molecule has 0 saturated heterocycles. The van der Waals surface area contributed by atoms with E-state index in [0.717, 1.165) is 18.0 Å². The molecule has 18 heavy (non-hydrogen) atoms. The van der Waals surface area contributed by atoms with Crippen molar-refractivity contribution in [3.8, 4) is 11.5 Å². The molecule has 0 aliphatic heterocycles. The summed E-state index contributed by atoms with van der Waals surface area (Å²) in [6.07, 6.45) is 0. The van der Waals surface area contributed by atoms with Crippen molar-refractivity contribution in [2.75, 3.05) is 7.05 Å². The summed E-state index contributed by atoms with van der Waals surface area (Å²) in [6.45, 7) is 5.03. The highest BCUT2D eigenvalue weighted by atomic mass is 16.5. The van der Waals surface area contributed by atoms with Crippen LogP contribution < -0.4 is 10.1 Å². The molecule has 0 saturated carbocycles. The molecule has 0 atom stereocenters. The lowest BCUT2D eigenvalue weighted by molar-refractivity contribution is 0.477. The summed E-state index contributed by atoms with van der Waals surface area (Å²) in [6, 6.07) is 14.3. The number of rotatable bonds is 4. The van der Waals surface area contributed by atoms with Crippen LogP contribution in [0.15, 0.2) is 42.5 Å². The molecule has 0 radical (unpaired) electrons. The van der Waals surface area contributed by atoms with Crippen LogP contribution >= 0.6 is 0 Å². The number of nitrogens with one attached hydrogen (secondary N) is 1. The van der Waals surface area contributed by atoms with E-state index in [2.05, 4.69) is 37.4 Å². The van der Waals surface area contributed by atoms with Crippen LogP contribution in [0, 0.1) is 13.8 Å². The third-order valence-corrected chi connectivity index (χ3v) is 3.06. The first kappa shape index (κ1) is 12.7. The van der Waals surface area contributed by atoms with E-state index in [9.17, 15) is 0 Å².